The average Bonchev–Trinajstić information content (AvgIpc) is 2.71. The number of halogens is 1. The highest BCUT2D eigenvalue weighted by Gasteiger charge is 2.13. The van der Waals surface area contributed by atoms with E-state index in [0.29, 0.717) is 23.2 Å². The van der Waals surface area contributed by atoms with E-state index < -0.39 is 0 Å². The molecule has 0 radical (unpaired) electrons. The summed E-state index contributed by atoms with van der Waals surface area (Å²) in [6.07, 6.45) is 4.39. The van der Waals surface area contributed by atoms with E-state index in [1.807, 2.05) is 49.2 Å². The first-order valence-corrected chi connectivity index (χ1v) is 9.38. The number of carbonyl (C=O) groups excluding carboxylic acids is 1. The molecular weight excluding hydrogens is 374 g/mol. The zero-order valence-corrected chi connectivity index (χ0v) is 16.6. The van der Waals surface area contributed by atoms with Gasteiger partial charge in [0.1, 0.15) is 5.69 Å². The summed E-state index contributed by atoms with van der Waals surface area (Å²) in [7, 11) is 1.92. The van der Waals surface area contributed by atoms with Gasteiger partial charge in [0.05, 0.1) is 0 Å². The molecule has 3 rings (SSSR count). The molecule has 1 amide bonds. The van der Waals surface area contributed by atoms with Crippen LogP contribution >= 0.6 is 11.6 Å². The number of hydrogen-bond acceptors (Lipinski definition) is 5. The zero-order valence-electron chi connectivity index (χ0n) is 15.9. The summed E-state index contributed by atoms with van der Waals surface area (Å²) >= 11 is 6.14. The molecule has 1 N–H and O–H groups in total. The molecule has 0 atom stereocenters. The lowest BCUT2D eigenvalue weighted by molar-refractivity contribution is 0.0945. The summed E-state index contributed by atoms with van der Waals surface area (Å²) in [6.45, 7) is 2.93. The van der Waals surface area contributed by atoms with Gasteiger partial charge >= 0.3 is 0 Å². The number of carbonyl (C=O) groups is 1. The highest BCUT2D eigenvalue weighted by Crippen LogP contribution is 2.15. The molecule has 0 saturated carbocycles. The maximum atomic E-state index is 12.6. The molecule has 0 aliphatic heterocycles. The Balaban J connectivity index is 1.66. The van der Waals surface area contributed by atoms with Gasteiger partial charge in [0.25, 0.3) is 5.91 Å². The minimum absolute atomic E-state index is 0.255. The number of nitrogens with zero attached hydrogens (tertiary/aromatic N) is 4. The fourth-order valence-corrected chi connectivity index (χ4v) is 2.90. The Morgan fingerprint density at radius 1 is 1.14 bits per heavy atom. The molecule has 1 aromatic carbocycles. The molecule has 0 unspecified atom stereocenters. The molecule has 6 nitrogen and oxygen atoms in total. The van der Waals surface area contributed by atoms with Gasteiger partial charge in [0.2, 0.25) is 5.95 Å². The van der Waals surface area contributed by atoms with Crippen molar-refractivity contribution in [2.24, 2.45) is 0 Å². The lowest BCUT2D eigenvalue weighted by Gasteiger charge is -2.18. The van der Waals surface area contributed by atoms with Crippen molar-refractivity contribution in [1.29, 1.82) is 0 Å². The van der Waals surface area contributed by atoms with Gasteiger partial charge in [-0.3, -0.25) is 9.78 Å². The fourth-order valence-electron chi connectivity index (χ4n) is 2.69. The molecule has 0 aliphatic rings. The third-order valence-corrected chi connectivity index (χ3v) is 4.67. The summed E-state index contributed by atoms with van der Waals surface area (Å²) in [6, 6.07) is 13.1. The van der Waals surface area contributed by atoms with Gasteiger partial charge in [-0.05, 0) is 48.7 Å². The van der Waals surface area contributed by atoms with Crippen LogP contribution in [0.4, 0.5) is 5.95 Å². The lowest BCUT2D eigenvalue weighted by Crippen LogP contribution is -2.27. The van der Waals surface area contributed by atoms with E-state index in [0.717, 1.165) is 24.2 Å². The van der Waals surface area contributed by atoms with Gasteiger partial charge in [0, 0.05) is 43.2 Å². The number of rotatable bonds is 7. The third kappa shape index (κ3) is 5.27. The minimum Gasteiger partial charge on any atom is -0.347 e. The Bertz CT molecular complexity index is 949. The van der Waals surface area contributed by atoms with Crippen LogP contribution in [0.25, 0.3) is 0 Å². The molecule has 144 valence electrons. The fraction of sp³-hybridized carbons (Fsp3) is 0.238. The molecule has 2 heterocycles. The van der Waals surface area contributed by atoms with Crippen LogP contribution in [0.5, 0.6) is 0 Å². The summed E-state index contributed by atoms with van der Waals surface area (Å²) in [5, 5.41) is 3.49. The van der Waals surface area contributed by atoms with Crippen molar-refractivity contribution in [2.45, 2.75) is 19.9 Å². The molecular formula is C21H22ClN5O. The average molecular weight is 396 g/mol. The topological polar surface area (TPSA) is 71.0 Å². The van der Waals surface area contributed by atoms with Gasteiger partial charge in [-0.2, -0.15) is 0 Å². The molecule has 0 saturated heterocycles. The summed E-state index contributed by atoms with van der Waals surface area (Å²) in [5.41, 5.74) is 3.12. The molecule has 0 bridgehead atoms. The number of amides is 1. The van der Waals surface area contributed by atoms with Crippen LogP contribution in [0, 0.1) is 6.92 Å². The van der Waals surface area contributed by atoms with Crippen molar-refractivity contribution in [2.75, 3.05) is 18.5 Å². The number of likely N-dealkylation sites (N-methyl/N-ethyl adjacent to an activating group) is 1. The van der Waals surface area contributed by atoms with E-state index in [-0.39, 0.29) is 5.91 Å². The summed E-state index contributed by atoms with van der Waals surface area (Å²) < 4.78 is 0. The number of hydrogen-bond donors (Lipinski definition) is 1. The van der Waals surface area contributed by atoms with Crippen molar-refractivity contribution in [3.05, 3.63) is 82.4 Å². The Morgan fingerprint density at radius 2 is 1.89 bits per heavy atom. The molecule has 0 spiro atoms. The van der Waals surface area contributed by atoms with E-state index >= 15 is 0 Å². The Morgan fingerprint density at radius 3 is 2.64 bits per heavy atom. The summed E-state index contributed by atoms with van der Waals surface area (Å²) in [4.78, 5) is 27.4. The van der Waals surface area contributed by atoms with E-state index in [1.54, 1.807) is 24.5 Å². The minimum atomic E-state index is -0.255. The zero-order chi connectivity index (χ0) is 19.9. The second-order valence-corrected chi connectivity index (χ2v) is 6.90. The van der Waals surface area contributed by atoms with E-state index in [1.165, 1.54) is 5.56 Å². The predicted molar refractivity (Wildman–Crippen MR) is 111 cm³/mol. The van der Waals surface area contributed by atoms with Gasteiger partial charge in [0.15, 0.2) is 0 Å². The summed E-state index contributed by atoms with van der Waals surface area (Å²) in [5.74, 6) is 0.270. The number of aromatic nitrogens is 3. The second kappa shape index (κ2) is 9.28. The first-order valence-electron chi connectivity index (χ1n) is 9.00. The molecule has 28 heavy (non-hydrogen) atoms. The van der Waals surface area contributed by atoms with Crippen molar-refractivity contribution >= 4 is 23.5 Å². The van der Waals surface area contributed by atoms with Crippen molar-refractivity contribution in [1.82, 2.24) is 20.3 Å². The van der Waals surface area contributed by atoms with Crippen molar-refractivity contribution in [3.63, 3.8) is 0 Å². The van der Waals surface area contributed by atoms with Gasteiger partial charge in [-0.25, -0.2) is 9.97 Å². The van der Waals surface area contributed by atoms with E-state index in [9.17, 15) is 4.79 Å². The number of pyridine rings is 1. The SMILES string of the molecule is Cc1cc(C(=O)NCc2ccccc2Cl)nc(N(C)CCc2ccncc2)n1. The normalized spacial score (nSPS) is 10.5. The highest BCUT2D eigenvalue weighted by atomic mass is 35.5. The third-order valence-electron chi connectivity index (χ3n) is 4.30. The molecule has 7 heteroatoms. The first-order chi connectivity index (χ1) is 13.5. The second-order valence-electron chi connectivity index (χ2n) is 6.50. The molecule has 3 aromatic rings. The highest BCUT2D eigenvalue weighted by molar-refractivity contribution is 6.31. The Hall–Kier alpha value is -2.99. The molecule has 2 aromatic heterocycles. The van der Waals surface area contributed by atoms with Crippen LogP contribution in [0.3, 0.4) is 0 Å². The van der Waals surface area contributed by atoms with Gasteiger partial charge < -0.3 is 10.2 Å². The van der Waals surface area contributed by atoms with Crippen LogP contribution in [0.1, 0.15) is 27.3 Å². The van der Waals surface area contributed by atoms with Crippen molar-refractivity contribution in [3.8, 4) is 0 Å². The lowest BCUT2D eigenvalue weighted by atomic mass is 10.2. The maximum absolute atomic E-state index is 12.6. The maximum Gasteiger partial charge on any atom is 0.270 e. The van der Waals surface area contributed by atoms with Crippen LogP contribution < -0.4 is 10.2 Å². The quantitative estimate of drug-likeness (QED) is 0.663. The monoisotopic (exact) mass is 395 g/mol. The molecule has 0 fully saturated rings. The largest absolute Gasteiger partial charge is 0.347 e. The van der Waals surface area contributed by atoms with E-state index in [2.05, 4.69) is 20.3 Å². The van der Waals surface area contributed by atoms with Gasteiger partial charge in [-0.1, -0.05) is 29.8 Å². The molecule has 0 aliphatic carbocycles. The van der Waals surface area contributed by atoms with Gasteiger partial charge in [-0.15, -0.1) is 0 Å². The standard InChI is InChI=1S/C21H22ClN5O/c1-15-13-19(20(28)24-14-17-5-3-4-6-18(17)22)26-21(25-15)27(2)12-9-16-7-10-23-11-8-16/h3-8,10-11,13H,9,12,14H2,1-2H3,(H,24,28). The van der Waals surface area contributed by atoms with Crippen LogP contribution in [-0.4, -0.2) is 34.5 Å². The van der Waals surface area contributed by atoms with Crippen LogP contribution in [-0.2, 0) is 13.0 Å². The predicted octanol–water partition coefficient (Wildman–Crippen LogP) is 3.44. The Kier molecular flexibility index (Phi) is 6.55. The van der Waals surface area contributed by atoms with E-state index in [4.69, 9.17) is 11.6 Å². The smallest absolute Gasteiger partial charge is 0.270 e. The number of anilines is 1. The van der Waals surface area contributed by atoms with Crippen molar-refractivity contribution < 1.29 is 4.79 Å². The number of nitrogens with one attached hydrogen (secondary N) is 1. The van der Waals surface area contributed by atoms with Crippen LogP contribution in [0.15, 0.2) is 54.9 Å². The first kappa shape index (κ1) is 19.8. The number of aryl methyl sites for hydroxylation is 1. The Labute approximate surface area is 169 Å². The van der Waals surface area contributed by atoms with Crippen LogP contribution in [0.2, 0.25) is 5.02 Å². The number of benzene rings is 1.